The molecule has 0 aliphatic rings. The summed E-state index contributed by atoms with van der Waals surface area (Å²) in [6.07, 6.45) is 3.36. The van der Waals surface area contributed by atoms with Gasteiger partial charge in [-0.15, -0.1) is 10.2 Å². The van der Waals surface area contributed by atoms with Crippen LogP contribution >= 0.6 is 11.8 Å². The van der Waals surface area contributed by atoms with Gasteiger partial charge < -0.3 is 14.9 Å². The maximum Gasteiger partial charge on any atom is 0.196 e. The molecule has 0 aliphatic heterocycles. The number of hydrogen-bond acceptors (Lipinski definition) is 8. The fourth-order valence-corrected chi connectivity index (χ4v) is 3.90. The molecule has 162 valence electrons. The first-order valence-electron chi connectivity index (χ1n) is 9.84. The molecular weight excluding hydrogens is 428 g/mol. The Morgan fingerprint density at radius 3 is 2.44 bits per heavy atom. The molecular formula is C23H20N4O4S. The number of ether oxygens (including phenoxy) is 1. The molecule has 0 spiro atoms. The summed E-state index contributed by atoms with van der Waals surface area (Å²) in [6.45, 7) is 2.50. The third-order valence-corrected chi connectivity index (χ3v) is 5.54. The molecule has 4 rings (SSSR count). The first-order valence-corrected chi connectivity index (χ1v) is 10.8. The van der Waals surface area contributed by atoms with E-state index in [-0.39, 0.29) is 23.0 Å². The number of ketones is 1. The number of pyridine rings is 1. The second-order valence-corrected chi connectivity index (χ2v) is 7.66. The molecule has 0 atom stereocenters. The Bertz CT molecular complexity index is 1230. The lowest BCUT2D eigenvalue weighted by molar-refractivity contribution is 0.102. The molecule has 0 amide bonds. The van der Waals surface area contributed by atoms with Crippen molar-refractivity contribution in [1.82, 2.24) is 19.7 Å². The monoisotopic (exact) mass is 448 g/mol. The van der Waals surface area contributed by atoms with Gasteiger partial charge in [-0.1, -0.05) is 11.8 Å². The number of nitrogens with zero attached hydrogens (tertiary/aromatic N) is 4. The van der Waals surface area contributed by atoms with Crippen LogP contribution in [0, 0.1) is 0 Å². The van der Waals surface area contributed by atoms with E-state index in [4.69, 9.17) is 4.74 Å². The van der Waals surface area contributed by atoms with Gasteiger partial charge in [0.2, 0.25) is 0 Å². The number of benzene rings is 2. The Kier molecular flexibility index (Phi) is 6.37. The van der Waals surface area contributed by atoms with E-state index < -0.39 is 0 Å². The molecule has 0 fully saturated rings. The van der Waals surface area contributed by atoms with Crippen LogP contribution in [-0.2, 0) is 0 Å². The van der Waals surface area contributed by atoms with Crippen molar-refractivity contribution in [2.24, 2.45) is 0 Å². The SMILES string of the molecule is CCOc1ccc(-n2c(SCC(=O)c3ccc(O)c(O)c3)nnc2-c2ccncc2)cc1. The summed E-state index contributed by atoms with van der Waals surface area (Å²) in [5.74, 6) is 0.636. The van der Waals surface area contributed by atoms with Gasteiger partial charge >= 0.3 is 0 Å². The minimum absolute atomic E-state index is 0.0791. The van der Waals surface area contributed by atoms with Crippen molar-refractivity contribution < 1.29 is 19.7 Å². The normalized spacial score (nSPS) is 10.8. The zero-order valence-corrected chi connectivity index (χ0v) is 18.0. The van der Waals surface area contributed by atoms with Gasteiger partial charge in [0.25, 0.3) is 0 Å². The van der Waals surface area contributed by atoms with Crippen LogP contribution in [0.2, 0.25) is 0 Å². The summed E-state index contributed by atoms with van der Waals surface area (Å²) in [4.78, 5) is 16.7. The van der Waals surface area contributed by atoms with Crippen molar-refractivity contribution in [3.8, 4) is 34.3 Å². The second kappa shape index (κ2) is 9.52. The fourth-order valence-electron chi connectivity index (χ4n) is 3.05. The minimum atomic E-state index is -0.335. The molecule has 0 unspecified atom stereocenters. The van der Waals surface area contributed by atoms with Gasteiger partial charge in [0.1, 0.15) is 5.75 Å². The largest absolute Gasteiger partial charge is 0.504 e. The number of phenols is 2. The maximum absolute atomic E-state index is 12.6. The van der Waals surface area contributed by atoms with Crippen molar-refractivity contribution in [3.63, 3.8) is 0 Å². The van der Waals surface area contributed by atoms with Gasteiger partial charge in [0, 0.05) is 29.2 Å². The third-order valence-electron chi connectivity index (χ3n) is 4.61. The van der Waals surface area contributed by atoms with Crippen LogP contribution in [0.15, 0.2) is 72.1 Å². The van der Waals surface area contributed by atoms with Crippen molar-refractivity contribution in [1.29, 1.82) is 0 Å². The molecule has 4 aromatic rings. The van der Waals surface area contributed by atoms with Crippen LogP contribution in [0.3, 0.4) is 0 Å². The second-order valence-electron chi connectivity index (χ2n) is 6.72. The number of aromatic nitrogens is 4. The first kappa shape index (κ1) is 21.4. The van der Waals surface area contributed by atoms with E-state index in [2.05, 4.69) is 15.2 Å². The number of carbonyl (C=O) groups is 1. The van der Waals surface area contributed by atoms with Crippen LogP contribution in [0.5, 0.6) is 17.2 Å². The fraction of sp³-hybridized carbons (Fsp3) is 0.130. The first-order chi connectivity index (χ1) is 15.6. The number of rotatable bonds is 8. The number of Topliss-reactive ketones (excluding diaryl/α,β-unsaturated/α-hetero) is 1. The topological polar surface area (TPSA) is 110 Å². The molecule has 8 nitrogen and oxygen atoms in total. The van der Waals surface area contributed by atoms with Crippen LogP contribution < -0.4 is 4.74 Å². The quantitative estimate of drug-likeness (QED) is 0.235. The number of thioether (sulfide) groups is 1. The number of hydrogen-bond donors (Lipinski definition) is 2. The average molecular weight is 449 g/mol. The molecule has 2 aromatic heterocycles. The standard InChI is InChI=1S/C23H20N4O4S/c1-2-31-18-6-4-17(5-7-18)27-22(15-9-11-24-12-10-15)25-26-23(27)32-14-21(30)16-3-8-19(28)20(29)13-16/h3-13,28-29H,2,14H2,1H3. The molecule has 32 heavy (non-hydrogen) atoms. The van der Waals surface area contributed by atoms with Gasteiger partial charge in [0.15, 0.2) is 28.3 Å². The molecule has 0 bridgehead atoms. The number of carbonyl (C=O) groups excluding carboxylic acids is 1. The van der Waals surface area contributed by atoms with Crippen molar-refractivity contribution >= 4 is 17.5 Å². The van der Waals surface area contributed by atoms with Crippen LogP contribution in [0.1, 0.15) is 17.3 Å². The number of phenolic OH excluding ortho intramolecular Hbond substituents is 2. The van der Waals surface area contributed by atoms with Gasteiger partial charge in [-0.2, -0.15) is 0 Å². The van der Waals surface area contributed by atoms with E-state index in [0.717, 1.165) is 17.0 Å². The van der Waals surface area contributed by atoms with Crippen molar-refractivity contribution in [2.45, 2.75) is 12.1 Å². The molecule has 0 aliphatic carbocycles. The van der Waals surface area contributed by atoms with Crippen LogP contribution in [0.25, 0.3) is 17.1 Å². The van der Waals surface area contributed by atoms with E-state index in [1.54, 1.807) is 12.4 Å². The molecule has 2 aromatic carbocycles. The molecule has 0 saturated carbocycles. The average Bonchev–Trinajstić information content (AvgIpc) is 3.24. The summed E-state index contributed by atoms with van der Waals surface area (Å²) < 4.78 is 7.40. The van der Waals surface area contributed by atoms with Crippen LogP contribution in [-0.4, -0.2) is 48.1 Å². The van der Waals surface area contributed by atoms with Crippen molar-refractivity contribution in [2.75, 3.05) is 12.4 Å². The molecule has 2 heterocycles. The lowest BCUT2D eigenvalue weighted by Gasteiger charge is -2.11. The predicted molar refractivity (Wildman–Crippen MR) is 121 cm³/mol. The highest BCUT2D eigenvalue weighted by atomic mass is 32.2. The number of aromatic hydroxyl groups is 2. The Labute approximate surface area is 188 Å². The molecule has 0 radical (unpaired) electrons. The Morgan fingerprint density at radius 2 is 1.75 bits per heavy atom. The highest BCUT2D eigenvalue weighted by molar-refractivity contribution is 7.99. The molecule has 2 N–H and O–H groups in total. The Hall–Kier alpha value is -3.85. The van der Waals surface area contributed by atoms with Crippen LogP contribution in [0.4, 0.5) is 0 Å². The minimum Gasteiger partial charge on any atom is -0.504 e. The maximum atomic E-state index is 12.6. The summed E-state index contributed by atoms with van der Waals surface area (Å²) in [5, 5.41) is 28.3. The van der Waals surface area contributed by atoms with E-state index in [0.29, 0.717) is 23.2 Å². The van der Waals surface area contributed by atoms with E-state index in [1.165, 1.54) is 30.0 Å². The van der Waals surface area contributed by atoms with Gasteiger partial charge in [0.05, 0.1) is 12.4 Å². The van der Waals surface area contributed by atoms with Gasteiger partial charge in [-0.25, -0.2) is 0 Å². The van der Waals surface area contributed by atoms with E-state index in [9.17, 15) is 15.0 Å². The lowest BCUT2D eigenvalue weighted by atomic mass is 10.1. The summed E-state index contributed by atoms with van der Waals surface area (Å²) in [5.41, 5.74) is 1.96. The Morgan fingerprint density at radius 1 is 1.00 bits per heavy atom. The van der Waals surface area contributed by atoms with Crippen molar-refractivity contribution in [3.05, 3.63) is 72.6 Å². The summed E-state index contributed by atoms with van der Waals surface area (Å²) in [6, 6.07) is 15.2. The van der Waals surface area contributed by atoms with Gasteiger partial charge in [-0.3, -0.25) is 14.3 Å². The van der Waals surface area contributed by atoms with E-state index >= 15 is 0 Å². The molecule has 0 saturated heterocycles. The van der Waals surface area contributed by atoms with Gasteiger partial charge in [-0.05, 0) is 61.5 Å². The van der Waals surface area contributed by atoms with E-state index in [1.807, 2.05) is 47.9 Å². The predicted octanol–water partition coefficient (Wildman–Crippen LogP) is 4.11. The zero-order chi connectivity index (χ0) is 22.5. The Balaban J connectivity index is 1.65. The summed E-state index contributed by atoms with van der Waals surface area (Å²) in [7, 11) is 0. The lowest BCUT2D eigenvalue weighted by Crippen LogP contribution is -2.05. The highest BCUT2D eigenvalue weighted by Gasteiger charge is 2.18. The zero-order valence-electron chi connectivity index (χ0n) is 17.2. The highest BCUT2D eigenvalue weighted by Crippen LogP contribution is 2.30. The summed E-state index contributed by atoms with van der Waals surface area (Å²) >= 11 is 1.23. The third kappa shape index (κ3) is 4.57. The smallest absolute Gasteiger partial charge is 0.196 e. The molecule has 9 heteroatoms.